The Balaban J connectivity index is 2.76. The summed E-state index contributed by atoms with van der Waals surface area (Å²) in [6, 6.07) is 5.91. The van der Waals surface area contributed by atoms with E-state index in [0.29, 0.717) is 0 Å². The summed E-state index contributed by atoms with van der Waals surface area (Å²) < 4.78 is 7.39. The standard InChI is InChI=1S/C12H15NO2/c1-8(14)9-4-5-11-10(12(9)15-3)6-7-13(11)2/h4-8,14H,1-3H3. The van der Waals surface area contributed by atoms with Crippen LogP contribution in [-0.2, 0) is 7.05 Å². The summed E-state index contributed by atoms with van der Waals surface area (Å²) in [6.45, 7) is 1.74. The van der Waals surface area contributed by atoms with Crippen molar-refractivity contribution in [3.63, 3.8) is 0 Å². The number of aryl methyl sites for hydroxylation is 1. The lowest BCUT2D eigenvalue weighted by Crippen LogP contribution is -1.97. The van der Waals surface area contributed by atoms with Gasteiger partial charge >= 0.3 is 0 Å². The molecule has 3 heteroatoms. The summed E-state index contributed by atoms with van der Waals surface area (Å²) in [6.07, 6.45) is 1.48. The second-order valence-corrected chi connectivity index (χ2v) is 3.72. The van der Waals surface area contributed by atoms with Gasteiger partial charge < -0.3 is 14.4 Å². The van der Waals surface area contributed by atoms with Crippen molar-refractivity contribution < 1.29 is 9.84 Å². The van der Waals surface area contributed by atoms with Gasteiger partial charge in [0.25, 0.3) is 0 Å². The summed E-state index contributed by atoms with van der Waals surface area (Å²) in [5.41, 5.74) is 1.94. The number of aromatic nitrogens is 1. The van der Waals surface area contributed by atoms with E-state index in [1.165, 1.54) is 0 Å². The molecule has 2 rings (SSSR count). The summed E-state index contributed by atoms with van der Waals surface area (Å²) >= 11 is 0. The van der Waals surface area contributed by atoms with Crippen molar-refractivity contribution in [1.82, 2.24) is 4.57 Å². The van der Waals surface area contributed by atoms with Crippen molar-refractivity contribution >= 4 is 10.9 Å². The smallest absolute Gasteiger partial charge is 0.134 e. The molecule has 1 atom stereocenters. The second-order valence-electron chi connectivity index (χ2n) is 3.72. The highest BCUT2D eigenvalue weighted by Crippen LogP contribution is 2.33. The van der Waals surface area contributed by atoms with Crippen LogP contribution in [0.2, 0.25) is 0 Å². The Kier molecular flexibility index (Phi) is 2.40. The van der Waals surface area contributed by atoms with Crippen molar-refractivity contribution in [2.75, 3.05) is 7.11 Å². The van der Waals surface area contributed by atoms with E-state index in [4.69, 9.17) is 4.74 Å². The van der Waals surface area contributed by atoms with Crippen LogP contribution in [0.15, 0.2) is 24.4 Å². The molecule has 3 nitrogen and oxygen atoms in total. The highest BCUT2D eigenvalue weighted by molar-refractivity contribution is 5.88. The van der Waals surface area contributed by atoms with Gasteiger partial charge in [0, 0.05) is 24.2 Å². The van der Waals surface area contributed by atoms with Crippen molar-refractivity contribution in [1.29, 1.82) is 0 Å². The third kappa shape index (κ3) is 1.49. The van der Waals surface area contributed by atoms with E-state index in [2.05, 4.69) is 0 Å². The zero-order valence-electron chi connectivity index (χ0n) is 9.19. The summed E-state index contributed by atoms with van der Waals surface area (Å²) in [5.74, 6) is 0.767. The van der Waals surface area contributed by atoms with Gasteiger partial charge in [-0.25, -0.2) is 0 Å². The molecule has 0 fully saturated rings. The number of hydrogen-bond acceptors (Lipinski definition) is 2. The Morgan fingerprint density at radius 3 is 2.67 bits per heavy atom. The van der Waals surface area contributed by atoms with Crippen LogP contribution in [0.1, 0.15) is 18.6 Å². The van der Waals surface area contributed by atoms with E-state index in [1.807, 2.05) is 36.0 Å². The molecule has 0 saturated heterocycles. The summed E-state index contributed by atoms with van der Waals surface area (Å²) in [4.78, 5) is 0. The lowest BCUT2D eigenvalue weighted by molar-refractivity contribution is 0.194. The number of rotatable bonds is 2. The Labute approximate surface area is 88.9 Å². The van der Waals surface area contributed by atoms with Crippen molar-refractivity contribution in [3.8, 4) is 5.75 Å². The Bertz CT molecular complexity index is 486. The fourth-order valence-electron chi connectivity index (χ4n) is 1.90. The first-order valence-electron chi connectivity index (χ1n) is 4.95. The van der Waals surface area contributed by atoms with Crippen molar-refractivity contribution in [2.45, 2.75) is 13.0 Å². The first-order valence-corrected chi connectivity index (χ1v) is 4.95. The van der Waals surface area contributed by atoms with Crippen LogP contribution in [0.3, 0.4) is 0 Å². The zero-order chi connectivity index (χ0) is 11.0. The van der Waals surface area contributed by atoms with Crippen LogP contribution in [0.5, 0.6) is 5.75 Å². The van der Waals surface area contributed by atoms with Gasteiger partial charge in [0.15, 0.2) is 0 Å². The molecule has 0 aliphatic carbocycles. The molecule has 0 saturated carbocycles. The fraction of sp³-hybridized carbons (Fsp3) is 0.333. The van der Waals surface area contributed by atoms with Crippen LogP contribution in [-0.4, -0.2) is 16.8 Å². The van der Waals surface area contributed by atoms with Crippen LogP contribution >= 0.6 is 0 Å². The molecule has 2 aromatic rings. The van der Waals surface area contributed by atoms with Gasteiger partial charge in [-0.2, -0.15) is 0 Å². The molecule has 1 heterocycles. The third-order valence-electron chi connectivity index (χ3n) is 2.70. The molecule has 0 aliphatic heterocycles. The van der Waals surface area contributed by atoms with E-state index < -0.39 is 6.10 Å². The van der Waals surface area contributed by atoms with Crippen LogP contribution in [0, 0.1) is 0 Å². The van der Waals surface area contributed by atoms with Crippen LogP contribution in [0.4, 0.5) is 0 Å². The third-order valence-corrected chi connectivity index (χ3v) is 2.70. The van der Waals surface area contributed by atoms with Crippen LogP contribution < -0.4 is 4.74 Å². The lowest BCUT2D eigenvalue weighted by Gasteiger charge is -2.12. The Hall–Kier alpha value is -1.48. The first kappa shape index (κ1) is 10.1. The Morgan fingerprint density at radius 2 is 2.07 bits per heavy atom. The maximum absolute atomic E-state index is 9.62. The van der Waals surface area contributed by atoms with Gasteiger partial charge in [-0.05, 0) is 19.1 Å². The van der Waals surface area contributed by atoms with Crippen molar-refractivity contribution in [2.24, 2.45) is 7.05 Å². The van der Waals surface area contributed by atoms with E-state index in [-0.39, 0.29) is 0 Å². The largest absolute Gasteiger partial charge is 0.496 e. The number of ether oxygens (including phenoxy) is 1. The average molecular weight is 205 g/mol. The van der Waals surface area contributed by atoms with Gasteiger partial charge in [-0.1, -0.05) is 6.07 Å². The molecule has 15 heavy (non-hydrogen) atoms. The monoisotopic (exact) mass is 205 g/mol. The fourth-order valence-corrected chi connectivity index (χ4v) is 1.90. The topological polar surface area (TPSA) is 34.4 Å². The number of nitrogens with zero attached hydrogens (tertiary/aromatic N) is 1. The molecule has 0 bridgehead atoms. The maximum Gasteiger partial charge on any atom is 0.134 e. The quantitative estimate of drug-likeness (QED) is 0.815. The predicted octanol–water partition coefficient (Wildman–Crippen LogP) is 2.24. The minimum Gasteiger partial charge on any atom is -0.496 e. The molecule has 1 aromatic carbocycles. The molecule has 1 aromatic heterocycles. The molecule has 0 spiro atoms. The number of aliphatic hydroxyl groups excluding tert-OH is 1. The number of fused-ring (bicyclic) bond motifs is 1. The van der Waals surface area contributed by atoms with Gasteiger partial charge in [-0.3, -0.25) is 0 Å². The minimum atomic E-state index is -0.510. The zero-order valence-corrected chi connectivity index (χ0v) is 9.19. The van der Waals surface area contributed by atoms with Gasteiger partial charge in [0.05, 0.1) is 18.7 Å². The number of benzene rings is 1. The van der Waals surface area contributed by atoms with Crippen LogP contribution in [0.25, 0.3) is 10.9 Å². The molecular weight excluding hydrogens is 190 g/mol. The molecule has 1 N–H and O–H groups in total. The predicted molar refractivity (Wildman–Crippen MR) is 60.1 cm³/mol. The molecular formula is C12H15NO2. The van der Waals surface area contributed by atoms with E-state index in [0.717, 1.165) is 22.2 Å². The summed E-state index contributed by atoms with van der Waals surface area (Å²) in [5, 5.41) is 10.7. The highest BCUT2D eigenvalue weighted by Gasteiger charge is 2.13. The Morgan fingerprint density at radius 1 is 1.33 bits per heavy atom. The SMILES string of the molecule is COc1c(C(C)O)ccc2c1ccn2C. The molecule has 1 unspecified atom stereocenters. The summed E-state index contributed by atoms with van der Waals surface area (Å²) in [7, 11) is 3.62. The van der Waals surface area contributed by atoms with E-state index in [9.17, 15) is 5.11 Å². The number of methoxy groups -OCH3 is 1. The molecule has 0 aliphatic rings. The van der Waals surface area contributed by atoms with Gasteiger partial charge in [0.2, 0.25) is 0 Å². The van der Waals surface area contributed by atoms with Gasteiger partial charge in [0.1, 0.15) is 5.75 Å². The maximum atomic E-state index is 9.62. The number of aliphatic hydroxyl groups is 1. The average Bonchev–Trinajstić information content (AvgIpc) is 2.59. The first-order chi connectivity index (χ1) is 7.15. The second kappa shape index (κ2) is 3.59. The molecule has 0 radical (unpaired) electrons. The van der Waals surface area contributed by atoms with E-state index in [1.54, 1.807) is 14.0 Å². The molecule has 80 valence electrons. The molecule has 0 amide bonds. The lowest BCUT2D eigenvalue weighted by atomic mass is 10.1. The van der Waals surface area contributed by atoms with Gasteiger partial charge in [-0.15, -0.1) is 0 Å². The van der Waals surface area contributed by atoms with E-state index >= 15 is 0 Å². The minimum absolute atomic E-state index is 0.510. The van der Waals surface area contributed by atoms with Crippen molar-refractivity contribution in [3.05, 3.63) is 30.0 Å². The highest BCUT2D eigenvalue weighted by atomic mass is 16.5. The normalized spacial score (nSPS) is 13.1. The number of hydrogen-bond donors (Lipinski definition) is 1.